The number of para-hydroxylation sites is 1. The molecule has 0 N–H and O–H groups in total. The molecule has 0 aromatic heterocycles. The third-order valence-electron chi connectivity index (χ3n) is 3.94. The lowest BCUT2D eigenvalue weighted by molar-refractivity contribution is 0.0986. The van der Waals surface area contributed by atoms with E-state index in [1.165, 1.54) is 29.9 Å². The maximum atomic E-state index is 6.40. The van der Waals surface area contributed by atoms with Crippen LogP contribution in [0.1, 0.15) is 32.3 Å². The fraction of sp³-hybridized carbons (Fsp3) is 0.600. The van der Waals surface area contributed by atoms with Crippen LogP contribution in [0.15, 0.2) is 24.3 Å². The Hall–Kier alpha value is -0.280. The Morgan fingerprint density at radius 3 is 2.61 bits per heavy atom. The highest BCUT2D eigenvalue weighted by atomic mass is 32.2. The molecule has 1 fully saturated rings. The molecule has 0 radical (unpaired) electrons. The van der Waals surface area contributed by atoms with E-state index in [1.807, 2.05) is 0 Å². The smallest absolute Gasteiger partial charge is 0.127 e. The Morgan fingerprint density at radius 1 is 1.11 bits per heavy atom. The van der Waals surface area contributed by atoms with E-state index in [-0.39, 0.29) is 9.68 Å². The van der Waals surface area contributed by atoms with Crippen molar-refractivity contribution in [1.29, 1.82) is 0 Å². The predicted octanol–water partition coefficient (Wildman–Crippen LogP) is 4.36. The highest BCUT2D eigenvalue weighted by Crippen LogP contribution is 2.55. The minimum absolute atomic E-state index is 0.102. The molecule has 0 aliphatic carbocycles. The van der Waals surface area contributed by atoms with Gasteiger partial charge in [0.15, 0.2) is 0 Å². The molecule has 0 amide bonds. The van der Waals surface area contributed by atoms with Gasteiger partial charge in [-0.2, -0.15) is 0 Å². The number of thioether (sulfide) groups is 2. The molecule has 1 aromatic carbocycles. The van der Waals surface area contributed by atoms with Gasteiger partial charge in [0.2, 0.25) is 0 Å². The third kappa shape index (κ3) is 2.05. The number of aryl methyl sites for hydroxylation is 1. The second kappa shape index (κ2) is 4.68. The molecule has 3 heteroatoms. The summed E-state index contributed by atoms with van der Waals surface area (Å²) in [7, 11) is 0. The van der Waals surface area contributed by atoms with Crippen LogP contribution in [0.5, 0.6) is 5.75 Å². The third-order valence-corrected chi connectivity index (χ3v) is 7.95. The van der Waals surface area contributed by atoms with Crippen molar-refractivity contribution in [2.45, 2.75) is 42.8 Å². The van der Waals surface area contributed by atoms with E-state index in [0.29, 0.717) is 0 Å². The summed E-state index contributed by atoms with van der Waals surface area (Å²) in [6.07, 6.45) is 3.69. The van der Waals surface area contributed by atoms with Crippen LogP contribution in [0.3, 0.4) is 0 Å². The Morgan fingerprint density at radius 2 is 1.83 bits per heavy atom. The molecule has 98 valence electrons. The van der Waals surface area contributed by atoms with Crippen LogP contribution in [0, 0.1) is 0 Å². The first-order chi connectivity index (χ1) is 8.63. The molecule has 1 saturated heterocycles. The van der Waals surface area contributed by atoms with Gasteiger partial charge in [-0.15, -0.1) is 23.5 Å². The number of hydrogen-bond donors (Lipinski definition) is 0. The van der Waals surface area contributed by atoms with Gasteiger partial charge in [-0.1, -0.05) is 18.2 Å². The van der Waals surface area contributed by atoms with E-state index in [9.17, 15) is 0 Å². The van der Waals surface area contributed by atoms with Crippen LogP contribution < -0.4 is 4.74 Å². The second-order valence-electron chi connectivity index (χ2n) is 5.52. The molecule has 0 saturated carbocycles. The molecule has 18 heavy (non-hydrogen) atoms. The minimum atomic E-state index is -0.102. The monoisotopic (exact) mass is 280 g/mol. The van der Waals surface area contributed by atoms with Crippen molar-refractivity contribution >= 4 is 23.5 Å². The number of hydrogen-bond acceptors (Lipinski definition) is 3. The largest absolute Gasteiger partial charge is 0.485 e. The van der Waals surface area contributed by atoms with Gasteiger partial charge in [-0.25, -0.2) is 0 Å². The molecule has 0 unspecified atom stereocenters. The van der Waals surface area contributed by atoms with Crippen LogP contribution in [-0.2, 0) is 6.42 Å². The summed E-state index contributed by atoms with van der Waals surface area (Å²) in [6, 6.07) is 8.53. The van der Waals surface area contributed by atoms with E-state index in [2.05, 4.69) is 61.6 Å². The normalized spacial score (nSPS) is 25.0. The number of fused-ring (bicyclic) bond motifs is 1. The Bertz CT molecular complexity index is 436. The standard InChI is InChI=1S/C15H20OS2/c1-14(2)15(17-10-5-11-18-15)9-8-12-6-3-4-7-13(12)16-14/h3-4,6-7H,5,8-11H2,1-2H3. The fourth-order valence-electron chi connectivity index (χ4n) is 2.83. The van der Waals surface area contributed by atoms with Crippen LogP contribution in [-0.4, -0.2) is 21.2 Å². The lowest BCUT2D eigenvalue weighted by atomic mass is 9.99. The first-order valence-electron chi connectivity index (χ1n) is 6.68. The Labute approximate surface area is 118 Å². The summed E-state index contributed by atoms with van der Waals surface area (Å²) in [5, 5.41) is 0. The molecular weight excluding hydrogens is 260 g/mol. The van der Waals surface area contributed by atoms with Crippen molar-refractivity contribution in [1.82, 2.24) is 0 Å². The van der Waals surface area contributed by atoms with E-state index in [1.54, 1.807) is 0 Å². The predicted molar refractivity (Wildman–Crippen MR) is 81.7 cm³/mol. The maximum Gasteiger partial charge on any atom is 0.127 e. The molecule has 1 aromatic rings. The van der Waals surface area contributed by atoms with Crippen molar-refractivity contribution in [3.05, 3.63) is 29.8 Å². The maximum absolute atomic E-state index is 6.40. The summed E-state index contributed by atoms with van der Waals surface area (Å²) in [6.45, 7) is 4.53. The summed E-state index contributed by atoms with van der Waals surface area (Å²) < 4.78 is 6.62. The number of benzene rings is 1. The van der Waals surface area contributed by atoms with Gasteiger partial charge in [0, 0.05) is 0 Å². The van der Waals surface area contributed by atoms with Crippen LogP contribution >= 0.6 is 23.5 Å². The van der Waals surface area contributed by atoms with Crippen LogP contribution in [0.2, 0.25) is 0 Å². The Balaban J connectivity index is 1.97. The van der Waals surface area contributed by atoms with Gasteiger partial charge in [0.05, 0.1) is 0 Å². The molecule has 0 atom stereocenters. The second-order valence-corrected chi connectivity index (χ2v) is 8.57. The summed E-state index contributed by atoms with van der Waals surface area (Å²) in [5.74, 6) is 3.64. The molecule has 0 bridgehead atoms. The van der Waals surface area contributed by atoms with E-state index < -0.39 is 0 Å². The zero-order valence-corrected chi connectivity index (χ0v) is 12.7. The number of ether oxygens (including phenoxy) is 1. The lowest BCUT2D eigenvalue weighted by Gasteiger charge is -2.46. The van der Waals surface area contributed by atoms with E-state index in [0.717, 1.165) is 12.2 Å². The molecular formula is C15H20OS2. The molecule has 1 spiro atoms. The van der Waals surface area contributed by atoms with Gasteiger partial charge < -0.3 is 4.74 Å². The molecule has 1 nitrogen and oxygen atoms in total. The minimum Gasteiger partial charge on any atom is -0.485 e. The van der Waals surface area contributed by atoms with Crippen LogP contribution in [0.4, 0.5) is 0 Å². The van der Waals surface area contributed by atoms with E-state index in [4.69, 9.17) is 4.74 Å². The van der Waals surface area contributed by atoms with Crippen molar-refractivity contribution in [3.8, 4) is 5.75 Å². The topological polar surface area (TPSA) is 9.23 Å². The average Bonchev–Trinajstić information content (AvgIpc) is 2.47. The van der Waals surface area contributed by atoms with Crippen molar-refractivity contribution < 1.29 is 4.74 Å². The van der Waals surface area contributed by atoms with Gasteiger partial charge in [-0.3, -0.25) is 0 Å². The highest BCUT2D eigenvalue weighted by Gasteiger charge is 2.50. The zero-order valence-electron chi connectivity index (χ0n) is 11.1. The molecule has 3 rings (SSSR count). The van der Waals surface area contributed by atoms with E-state index >= 15 is 0 Å². The quantitative estimate of drug-likeness (QED) is 0.699. The lowest BCUT2D eigenvalue weighted by Crippen LogP contribution is -2.50. The summed E-state index contributed by atoms with van der Waals surface area (Å²) in [4.78, 5) is 0. The summed E-state index contributed by atoms with van der Waals surface area (Å²) in [5.41, 5.74) is 1.27. The summed E-state index contributed by atoms with van der Waals surface area (Å²) >= 11 is 4.23. The molecule has 2 aliphatic heterocycles. The Kier molecular flexibility index (Phi) is 3.31. The van der Waals surface area contributed by atoms with Gasteiger partial charge in [0.1, 0.15) is 15.4 Å². The molecule has 2 heterocycles. The van der Waals surface area contributed by atoms with Crippen molar-refractivity contribution in [2.24, 2.45) is 0 Å². The highest BCUT2D eigenvalue weighted by molar-refractivity contribution is 8.18. The molecule has 2 aliphatic rings. The first-order valence-corrected chi connectivity index (χ1v) is 8.65. The van der Waals surface area contributed by atoms with Crippen molar-refractivity contribution in [3.63, 3.8) is 0 Å². The average molecular weight is 280 g/mol. The van der Waals surface area contributed by atoms with Crippen molar-refractivity contribution in [2.75, 3.05) is 11.5 Å². The van der Waals surface area contributed by atoms with Gasteiger partial charge >= 0.3 is 0 Å². The van der Waals surface area contributed by atoms with Crippen LogP contribution in [0.25, 0.3) is 0 Å². The zero-order chi connectivity index (χ0) is 12.6. The van der Waals surface area contributed by atoms with Gasteiger partial charge in [0.25, 0.3) is 0 Å². The fourth-order valence-corrected chi connectivity index (χ4v) is 6.35. The SMILES string of the molecule is CC1(C)Oc2ccccc2CCC12SCCCS2. The number of rotatable bonds is 0. The van der Waals surface area contributed by atoms with Gasteiger partial charge in [-0.05, 0) is 56.2 Å². The first kappa shape index (κ1) is 12.7.